The molecule has 3 rings (SSSR count). The summed E-state index contributed by atoms with van der Waals surface area (Å²) in [6.45, 7) is 1.69. The van der Waals surface area contributed by atoms with Crippen molar-refractivity contribution >= 4 is 54.8 Å². The van der Waals surface area contributed by atoms with E-state index in [-0.39, 0.29) is 28.8 Å². The Hall–Kier alpha value is -2.63. The molecule has 1 aromatic carbocycles. The zero-order valence-electron chi connectivity index (χ0n) is 15.9. The standard InChI is InChI=1S/C18H17BrClN5O4S/c1-3-17(26)25(24-11-12(19)9-22-24)15-8-16(18(29-2)21-10-15)30(27,28)23-14-6-4-13(20)5-7-14/h4-11,23H,3H2,1-2H3. The van der Waals surface area contributed by atoms with E-state index in [0.717, 1.165) is 0 Å². The lowest BCUT2D eigenvalue weighted by molar-refractivity contribution is -0.119. The van der Waals surface area contributed by atoms with E-state index in [9.17, 15) is 13.2 Å². The molecule has 2 heterocycles. The molecule has 3 aromatic rings. The molecule has 0 saturated carbocycles. The molecule has 0 aliphatic rings. The number of halogens is 2. The van der Waals surface area contributed by atoms with Crippen LogP contribution in [0.15, 0.2) is 58.3 Å². The highest BCUT2D eigenvalue weighted by molar-refractivity contribution is 9.10. The number of pyridine rings is 1. The molecule has 0 unspecified atom stereocenters. The minimum Gasteiger partial charge on any atom is -0.480 e. The molecule has 0 saturated heterocycles. The van der Waals surface area contributed by atoms with E-state index >= 15 is 0 Å². The lowest BCUT2D eigenvalue weighted by Crippen LogP contribution is -2.36. The lowest BCUT2D eigenvalue weighted by Gasteiger charge is -2.22. The van der Waals surface area contributed by atoms with Crippen molar-refractivity contribution in [2.75, 3.05) is 16.8 Å². The third-order valence-corrected chi connectivity index (χ3v) is 5.95. The van der Waals surface area contributed by atoms with E-state index in [1.807, 2.05) is 0 Å². The number of ether oxygens (including phenoxy) is 1. The Morgan fingerprint density at radius 3 is 2.57 bits per heavy atom. The van der Waals surface area contributed by atoms with Crippen LogP contribution in [0.5, 0.6) is 5.88 Å². The Morgan fingerprint density at radius 2 is 2.00 bits per heavy atom. The van der Waals surface area contributed by atoms with Gasteiger partial charge in [-0.2, -0.15) is 14.9 Å². The van der Waals surface area contributed by atoms with Crippen molar-refractivity contribution in [2.24, 2.45) is 0 Å². The van der Waals surface area contributed by atoms with E-state index in [1.165, 1.54) is 47.5 Å². The molecule has 1 N–H and O–H groups in total. The van der Waals surface area contributed by atoms with E-state index in [4.69, 9.17) is 16.3 Å². The van der Waals surface area contributed by atoms with Gasteiger partial charge in [-0.25, -0.2) is 13.4 Å². The molecule has 9 nitrogen and oxygen atoms in total. The third-order valence-electron chi connectivity index (χ3n) is 3.91. The van der Waals surface area contributed by atoms with Crippen LogP contribution in [0, 0.1) is 0 Å². The number of sulfonamides is 1. The van der Waals surface area contributed by atoms with Crippen LogP contribution in [0.3, 0.4) is 0 Å². The molecule has 2 aromatic heterocycles. The Morgan fingerprint density at radius 1 is 1.30 bits per heavy atom. The van der Waals surface area contributed by atoms with E-state index < -0.39 is 10.0 Å². The van der Waals surface area contributed by atoms with Gasteiger partial charge >= 0.3 is 0 Å². The van der Waals surface area contributed by atoms with E-state index in [0.29, 0.717) is 15.2 Å². The predicted octanol–water partition coefficient (Wildman–Crippen LogP) is 3.71. The molecule has 0 aliphatic carbocycles. The predicted molar refractivity (Wildman–Crippen MR) is 116 cm³/mol. The fraction of sp³-hybridized carbons (Fsp3) is 0.167. The van der Waals surface area contributed by atoms with Gasteiger partial charge in [-0.1, -0.05) is 18.5 Å². The van der Waals surface area contributed by atoms with Gasteiger partial charge < -0.3 is 4.74 Å². The number of carbonyl (C=O) groups excluding carboxylic acids is 1. The Labute approximate surface area is 186 Å². The monoisotopic (exact) mass is 513 g/mol. The average Bonchev–Trinajstić information content (AvgIpc) is 3.15. The summed E-state index contributed by atoms with van der Waals surface area (Å²) in [7, 11) is -2.78. The summed E-state index contributed by atoms with van der Waals surface area (Å²) in [6.07, 6.45) is 4.57. The van der Waals surface area contributed by atoms with Crippen LogP contribution in [0.4, 0.5) is 11.4 Å². The van der Waals surface area contributed by atoms with Gasteiger partial charge in [0.2, 0.25) is 11.8 Å². The number of methoxy groups -OCH3 is 1. The quantitative estimate of drug-likeness (QED) is 0.515. The van der Waals surface area contributed by atoms with E-state index in [1.54, 1.807) is 25.3 Å². The highest BCUT2D eigenvalue weighted by atomic mass is 79.9. The minimum absolute atomic E-state index is 0.120. The number of amides is 1. The van der Waals surface area contributed by atoms with Gasteiger partial charge in [-0.3, -0.25) is 9.52 Å². The smallest absolute Gasteiger partial charge is 0.267 e. The van der Waals surface area contributed by atoms with Crippen LogP contribution in [0.1, 0.15) is 13.3 Å². The average molecular weight is 515 g/mol. The first-order chi connectivity index (χ1) is 14.2. The van der Waals surface area contributed by atoms with Gasteiger partial charge in [0.15, 0.2) is 4.90 Å². The van der Waals surface area contributed by atoms with Crippen LogP contribution in [-0.4, -0.2) is 36.3 Å². The second-order valence-corrected chi connectivity index (χ2v) is 8.95. The van der Waals surface area contributed by atoms with Gasteiger partial charge in [0, 0.05) is 17.1 Å². The maximum Gasteiger partial charge on any atom is 0.267 e. The van der Waals surface area contributed by atoms with Gasteiger partial charge in [0.1, 0.15) is 0 Å². The molecule has 0 bridgehead atoms. The largest absolute Gasteiger partial charge is 0.480 e. The molecule has 30 heavy (non-hydrogen) atoms. The molecule has 1 amide bonds. The van der Waals surface area contributed by atoms with Gasteiger partial charge in [-0.15, -0.1) is 0 Å². The first-order valence-electron chi connectivity index (χ1n) is 8.61. The number of benzene rings is 1. The topological polar surface area (TPSA) is 106 Å². The summed E-state index contributed by atoms with van der Waals surface area (Å²) in [5.74, 6) is -0.433. The van der Waals surface area contributed by atoms with Crippen LogP contribution < -0.4 is 14.5 Å². The van der Waals surface area contributed by atoms with E-state index in [2.05, 4.69) is 30.7 Å². The molecular weight excluding hydrogens is 498 g/mol. The fourth-order valence-electron chi connectivity index (χ4n) is 2.54. The summed E-state index contributed by atoms with van der Waals surface area (Å²) in [4.78, 5) is 17.7. The number of nitrogens with zero attached hydrogens (tertiary/aromatic N) is 4. The van der Waals surface area contributed by atoms with Crippen molar-refractivity contribution in [1.82, 2.24) is 14.9 Å². The number of aromatic nitrogens is 3. The van der Waals surface area contributed by atoms with Crippen LogP contribution in [0.25, 0.3) is 0 Å². The Bertz CT molecular complexity index is 1170. The van der Waals surface area contributed by atoms with Crippen LogP contribution in [0.2, 0.25) is 5.02 Å². The van der Waals surface area contributed by atoms with Crippen molar-refractivity contribution in [2.45, 2.75) is 18.2 Å². The molecule has 0 aliphatic heterocycles. The zero-order valence-corrected chi connectivity index (χ0v) is 19.1. The molecule has 158 valence electrons. The first-order valence-corrected chi connectivity index (χ1v) is 11.3. The van der Waals surface area contributed by atoms with Crippen molar-refractivity contribution in [1.29, 1.82) is 0 Å². The summed E-state index contributed by atoms with van der Waals surface area (Å²) in [5, 5.41) is 5.80. The number of hydrogen-bond donors (Lipinski definition) is 1. The van der Waals surface area contributed by atoms with Gasteiger partial charge in [0.25, 0.3) is 10.0 Å². The fourth-order valence-corrected chi connectivity index (χ4v) is 4.14. The Kier molecular flexibility index (Phi) is 6.64. The summed E-state index contributed by atoms with van der Waals surface area (Å²) in [6, 6.07) is 7.47. The summed E-state index contributed by atoms with van der Waals surface area (Å²) < 4.78 is 34.3. The highest BCUT2D eigenvalue weighted by Crippen LogP contribution is 2.29. The highest BCUT2D eigenvalue weighted by Gasteiger charge is 2.26. The zero-order chi connectivity index (χ0) is 21.9. The number of carbonyl (C=O) groups is 1. The molecule has 0 spiro atoms. The third kappa shape index (κ3) is 4.74. The maximum atomic E-state index is 13.0. The first kappa shape index (κ1) is 22.1. The van der Waals surface area contributed by atoms with Crippen LogP contribution >= 0.6 is 27.5 Å². The van der Waals surface area contributed by atoms with Crippen molar-refractivity contribution in [3.05, 3.63) is 58.4 Å². The molecular formula is C18H17BrClN5O4S. The number of rotatable bonds is 7. The summed E-state index contributed by atoms with van der Waals surface area (Å²) in [5.41, 5.74) is 0.513. The lowest BCUT2D eigenvalue weighted by atomic mass is 10.3. The maximum absolute atomic E-state index is 13.0. The normalized spacial score (nSPS) is 11.2. The Balaban J connectivity index is 2.07. The van der Waals surface area contributed by atoms with Crippen molar-refractivity contribution < 1.29 is 17.9 Å². The van der Waals surface area contributed by atoms with Crippen molar-refractivity contribution in [3.8, 4) is 5.88 Å². The second-order valence-electron chi connectivity index (χ2n) is 5.95. The number of nitrogens with one attached hydrogen (secondary N) is 1. The molecule has 0 atom stereocenters. The number of hydrogen-bond acceptors (Lipinski definition) is 6. The number of anilines is 2. The molecule has 0 fully saturated rings. The second kappa shape index (κ2) is 9.02. The van der Waals surface area contributed by atoms with Crippen molar-refractivity contribution in [3.63, 3.8) is 0 Å². The minimum atomic E-state index is -4.09. The summed E-state index contributed by atoms with van der Waals surface area (Å²) >= 11 is 9.13. The molecule has 12 heteroatoms. The molecule has 0 radical (unpaired) electrons. The van der Waals surface area contributed by atoms with Crippen LogP contribution in [-0.2, 0) is 14.8 Å². The SMILES string of the molecule is CCC(=O)N(c1cnc(OC)c(S(=O)(=O)Nc2ccc(Cl)cc2)c1)n1cc(Br)cn1. The van der Waals surface area contributed by atoms with Gasteiger partial charge in [-0.05, 0) is 46.3 Å². The van der Waals surface area contributed by atoms with Gasteiger partial charge in [0.05, 0.1) is 35.9 Å².